The lowest BCUT2D eigenvalue weighted by Crippen LogP contribution is -2.24. The monoisotopic (exact) mass is 336 g/mol. The first-order valence-corrected chi connectivity index (χ1v) is 8.43. The number of hydrogen-bond acceptors (Lipinski definition) is 7. The number of anilines is 1. The number of rotatable bonds is 5. The van der Waals surface area contributed by atoms with E-state index in [9.17, 15) is 0 Å². The van der Waals surface area contributed by atoms with Gasteiger partial charge in [0.2, 0.25) is 5.95 Å². The number of fused-ring (bicyclic) bond motifs is 1. The van der Waals surface area contributed by atoms with Gasteiger partial charge in [-0.2, -0.15) is 0 Å². The maximum atomic E-state index is 4.44. The first-order valence-electron chi connectivity index (χ1n) is 8.43. The molecule has 8 nitrogen and oxygen atoms in total. The molecule has 3 aromatic heterocycles. The van der Waals surface area contributed by atoms with Crippen LogP contribution in [0.15, 0.2) is 42.9 Å². The van der Waals surface area contributed by atoms with E-state index in [1.807, 2.05) is 23.0 Å². The predicted molar refractivity (Wildman–Crippen MR) is 92.3 cm³/mol. The summed E-state index contributed by atoms with van der Waals surface area (Å²) in [6.07, 6.45) is 6.33. The Hall–Kier alpha value is -2.87. The quantitative estimate of drug-likeness (QED) is 0.755. The molecule has 1 aliphatic heterocycles. The fourth-order valence-corrected chi connectivity index (χ4v) is 3.00. The maximum Gasteiger partial charge on any atom is 0.222 e. The highest BCUT2D eigenvalue weighted by Crippen LogP contribution is 2.17. The molecule has 4 heterocycles. The van der Waals surface area contributed by atoms with Crippen molar-refractivity contribution in [3.05, 3.63) is 59.9 Å². The Labute approximate surface area is 145 Å². The molecular formula is C17H20N8. The second kappa shape index (κ2) is 7.35. The summed E-state index contributed by atoms with van der Waals surface area (Å²) in [5, 5.41) is 11.9. The van der Waals surface area contributed by atoms with Crippen molar-refractivity contribution < 1.29 is 0 Å². The van der Waals surface area contributed by atoms with Crippen molar-refractivity contribution in [3.63, 3.8) is 0 Å². The lowest BCUT2D eigenvalue weighted by Gasteiger charge is -2.19. The SMILES string of the molecule is c1ccc(CN2CCCn3nnc(CNc4ncccn4)c3C2)nc1. The van der Waals surface area contributed by atoms with Crippen molar-refractivity contribution in [1.29, 1.82) is 0 Å². The van der Waals surface area contributed by atoms with Crippen LogP contribution in [0, 0.1) is 0 Å². The fourth-order valence-electron chi connectivity index (χ4n) is 3.00. The van der Waals surface area contributed by atoms with Crippen molar-refractivity contribution in [1.82, 2.24) is 34.8 Å². The van der Waals surface area contributed by atoms with Crippen LogP contribution < -0.4 is 5.32 Å². The average Bonchev–Trinajstić information content (AvgIpc) is 2.92. The van der Waals surface area contributed by atoms with Crippen LogP contribution in [0.2, 0.25) is 0 Å². The minimum Gasteiger partial charge on any atom is -0.348 e. The molecule has 1 aliphatic rings. The van der Waals surface area contributed by atoms with E-state index in [1.165, 1.54) is 0 Å². The van der Waals surface area contributed by atoms with Crippen LogP contribution in [-0.2, 0) is 26.2 Å². The first-order chi connectivity index (χ1) is 12.4. The molecule has 25 heavy (non-hydrogen) atoms. The third-order valence-electron chi connectivity index (χ3n) is 4.23. The molecule has 3 aromatic rings. The Bertz CT molecular complexity index is 802. The van der Waals surface area contributed by atoms with Crippen molar-refractivity contribution >= 4 is 5.95 Å². The van der Waals surface area contributed by atoms with E-state index in [2.05, 4.69) is 41.5 Å². The standard InChI is InChI=1S/C17H20N8/c1-2-6-18-14(5-1)12-24-9-4-10-25-16(13-24)15(22-23-25)11-21-17-19-7-3-8-20-17/h1-3,5-8H,4,9-13H2,(H,19,20,21). The van der Waals surface area contributed by atoms with Gasteiger partial charge in [-0.3, -0.25) is 9.88 Å². The molecule has 8 heteroatoms. The van der Waals surface area contributed by atoms with Gasteiger partial charge in [0, 0.05) is 44.8 Å². The summed E-state index contributed by atoms with van der Waals surface area (Å²) in [6, 6.07) is 7.84. The highest BCUT2D eigenvalue weighted by molar-refractivity contribution is 5.25. The largest absolute Gasteiger partial charge is 0.348 e. The third kappa shape index (κ3) is 3.80. The minimum atomic E-state index is 0.566. The highest BCUT2D eigenvalue weighted by atomic mass is 15.4. The van der Waals surface area contributed by atoms with Gasteiger partial charge in [0.1, 0.15) is 5.69 Å². The van der Waals surface area contributed by atoms with Gasteiger partial charge in [-0.05, 0) is 24.6 Å². The van der Waals surface area contributed by atoms with E-state index >= 15 is 0 Å². The fraction of sp³-hybridized carbons (Fsp3) is 0.353. The number of pyridine rings is 1. The molecule has 0 saturated heterocycles. The third-order valence-corrected chi connectivity index (χ3v) is 4.23. The summed E-state index contributed by atoms with van der Waals surface area (Å²) in [5.74, 6) is 0.600. The second-order valence-corrected chi connectivity index (χ2v) is 6.02. The summed E-state index contributed by atoms with van der Waals surface area (Å²) in [6.45, 7) is 4.13. The van der Waals surface area contributed by atoms with E-state index < -0.39 is 0 Å². The molecular weight excluding hydrogens is 316 g/mol. The molecule has 0 radical (unpaired) electrons. The van der Waals surface area contributed by atoms with Gasteiger partial charge < -0.3 is 5.32 Å². The van der Waals surface area contributed by atoms with Crippen molar-refractivity contribution in [2.45, 2.75) is 32.6 Å². The first kappa shape index (κ1) is 15.6. The minimum absolute atomic E-state index is 0.566. The van der Waals surface area contributed by atoms with Crippen LogP contribution in [-0.4, -0.2) is 41.4 Å². The number of nitrogens with one attached hydrogen (secondary N) is 1. The van der Waals surface area contributed by atoms with Gasteiger partial charge in [0.25, 0.3) is 0 Å². The van der Waals surface area contributed by atoms with E-state index in [-0.39, 0.29) is 0 Å². The highest BCUT2D eigenvalue weighted by Gasteiger charge is 2.20. The summed E-state index contributed by atoms with van der Waals surface area (Å²) >= 11 is 0. The zero-order chi connectivity index (χ0) is 16.9. The Balaban J connectivity index is 1.47. The van der Waals surface area contributed by atoms with Crippen molar-refractivity contribution in [2.24, 2.45) is 0 Å². The Morgan fingerprint density at radius 3 is 2.72 bits per heavy atom. The van der Waals surface area contributed by atoms with Gasteiger partial charge in [-0.15, -0.1) is 5.10 Å². The smallest absolute Gasteiger partial charge is 0.222 e. The number of aromatic nitrogens is 6. The van der Waals surface area contributed by atoms with E-state index in [0.29, 0.717) is 12.5 Å². The molecule has 4 rings (SSSR count). The molecule has 1 N–H and O–H groups in total. The van der Waals surface area contributed by atoms with Crippen LogP contribution >= 0.6 is 0 Å². The van der Waals surface area contributed by atoms with E-state index in [1.54, 1.807) is 18.5 Å². The summed E-state index contributed by atoms with van der Waals surface area (Å²) in [4.78, 5) is 15.2. The van der Waals surface area contributed by atoms with Crippen molar-refractivity contribution in [2.75, 3.05) is 11.9 Å². The van der Waals surface area contributed by atoms with Crippen molar-refractivity contribution in [3.8, 4) is 0 Å². The molecule has 0 fully saturated rings. The van der Waals surface area contributed by atoms with Gasteiger partial charge in [-0.25, -0.2) is 14.6 Å². The van der Waals surface area contributed by atoms with Crippen LogP contribution in [0.25, 0.3) is 0 Å². The molecule has 128 valence electrons. The maximum absolute atomic E-state index is 4.44. The molecule has 0 saturated carbocycles. The molecule has 0 aromatic carbocycles. The Kier molecular flexibility index (Phi) is 4.60. The van der Waals surface area contributed by atoms with Gasteiger partial charge in [0.15, 0.2) is 0 Å². The molecule has 0 spiro atoms. The van der Waals surface area contributed by atoms with Crippen LogP contribution in [0.5, 0.6) is 0 Å². The van der Waals surface area contributed by atoms with E-state index in [0.717, 1.165) is 49.7 Å². The zero-order valence-corrected chi connectivity index (χ0v) is 13.9. The second-order valence-electron chi connectivity index (χ2n) is 6.02. The molecule has 0 aliphatic carbocycles. The lowest BCUT2D eigenvalue weighted by molar-refractivity contribution is 0.257. The topological polar surface area (TPSA) is 84.7 Å². The van der Waals surface area contributed by atoms with Gasteiger partial charge >= 0.3 is 0 Å². The van der Waals surface area contributed by atoms with Gasteiger partial charge in [-0.1, -0.05) is 11.3 Å². The summed E-state index contributed by atoms with van der Waals surface area (Å²) in [7, 11) is 0. The summed E-state index contributed by atoms with van der Waals surface area (Å²) in [5.41, 5.74) is 3.18. The van der Waals surface area contributed by atoms with Crippen LogP contribution in [0.4, 0.5) is 5.95 Å². The predicted octanol–water partition coefficient (Wildman–Crippen LogP) is 1.48. The summed E-state index contributed by atoms with van der Waals surface area (Å²) < 4.78 is 2.02. The molecule has 0 bridgehead atoms. The van der Waals surface area contributed by atoms with E-state index in [4.69, 9.17) is 0 Å². The zero-order valence-electron chi connectivity index (χ0n) is 13.9. The van der Waals surface area contributed by atoms with Crippen LogP contribution in [0.1, 0.15) is 23.5 Å². The normalized spacial score (nSPS) is 14.7. The number of aryl methyl sites for hydroxylation is 1. The van der Waals surface area contributed by atoms with Crippen LogP contribution in [0.3, 0.4) is 0 Å². The number of hydrogen-bond donors (Lipinski definition) is 1. The molecule has 0 atom stereocenters. The molecule has 0 unspecified atom stereocenters. The number of nitrogens with zero attached hydrogens (tertiary/aromatic N) is 7. The molecule has 0 amide bonds. The lowest BCUT2D eigenvalue weighted by atomic mass is 10.2. The Morgan fingerprint density at radius 1 is 1.00 bits per heavy atom. The Morgan fingerprint density at radius 2 is 1.88 bits per heavy atom. The average molecular weight is 336 g/mol. The van der Waals surface area contributed by atoms with Gasteiger partial charge in [0.05, 0.1) is 17.9 Å².